The molecule has 0 spiro atoms. The van der Waals surface area contributed by atoms with Gasteiger partial charge in [-0.2, -0.15) is 26.3 Å². The number of halogens is 6. The van der Waals surface area contributed by atoms with Crippen LogP contribution in [0.2, 0.25) is 25.7 Å². The minimum absolute atomic E-state index is 0.0300. The highest BCUT2D eigenvalue weighted by molar-refractivity contribution is 7.90. The van der Waals surface area contributed by atoms with E-state index in [2.05, 4.69) is 29.7 Å². The fourth-order valence-corrected chi connectivity index (χ4v) is 6.39. The molecule has 1 heterocycles. The average Bonchev–Trinajstić information content (AvgIpc) is 3.68. The molecule has 6 atom stereocenters. The monoisotopic (exact) mass is 701 g/mol. The fraction of sp³-hybridized carbons (Fsp3) is 0.767. The highest BCUT2D eigenvalue weighted by Gasteiger charge is 2.42. The van der Waals surface area contributed by atoms with E-state index < -0.39 is 73.4 Å². The van der Waals surface area contributed by atoms with Crippen molar-refractivity contribution in [2.24, 2.45) is 11.7 Å². The van der Waals surface area contributed by atoms with Crippen LogP contribution in [0.3, 0.4) is 0 Å². The van der Waals surface area contributed by atoms with Gasteiger partial charge < -0.3 is 29.6 Å². The van der Waals surface area contributed by atoms with Gasteiger partial charge in [-0.15, -0.1) is 4.72 Å². The number of hydrogen-bond donors (Lipinski definition) is 3. The molecule has 1 fully saturated rings. The molecule has 1 aromatic heterocycles. The number of benzene rings is 1. The second-order valence-electron chi connectivity index (χ2n) is 14.4. The Morgan fingerprint density at radius 3 is 2.24 bits per heavy atom. The second kappa shape index (κ2) is 15.0. The third-order valence-corrected chi connectivity index (χ3v) is 11.2. The lowest BCUT2D eigenvalue weighted by atomic mass is 10.0. The average molecular weight is 702 g/mol. The lowest BCUT2D eigenvalue weighted by Gasteiger charge is -2.32. The SMILES string of the molecule is C[C@@H](O[C@H](C)C(F)(F)F)[C@H](N[S@+]([O-])C(C)(C)C)c1nc2cc([C@H](NC[C@H](N)C(F)(F)F)C3CC3)ccc2n1COCC[Si](C)(C)C. The van der Waals surface area contributed by atoms with Crippen LogP contribution in [0.15, 0.2) is 18.2 Å². The zero-order valence-electron chi connectivity index (χ0n) is 27.8. The molecular weight excluding hydrogens is 653 g/mol. The van der Waals surface area contributed by atoms with Crippen molar-refractivity contribution in [3.8, 4) is 0 Å². The number of nitrogens with one attached hydrogen (secondary N) is 2. The van der Waals surface area contributed by atoms with E-state index in [1.807, 2.05) is 6.07 Å². The second-order valence-corrected chi connectivity index (χ2v) is 22.0. The quantitative estimate of drug-likeness (QED) is 0.0771. The summed E-state index contributed by atoms with van der Waals surface area (Å²) >= 11 is -1.71. The van der Waals surface area contributed by atoms with Gasteiger partial charge in [0.15, 0.2) is 6.10 Å². The zero-order chi connectivity index (χ0) is 34.8. The number of fused-ring (bicyclic) bond motifs is 1. The van der Waals surface area contributed by atoms with Crippen molar-refractivity contribution in [1.82, 2.24) is 19.6 Å². The predicted molar refractivity (Wildman–Crippen MR) is 171 cm³/mol. The number of nitrogens with zero attached hydrogens (tertiary/aromatic N) is 2. The summed E-state index contributed by atoms with van der Waals surface area (Å²) in [6, 6.07) is 2.79. The summed E-state index contributed by atoms with van der Waals surface area (Å²) in [5.41, 5.74) is 7.16. The third kappa shape index (κ3) is 11.1. The van der Waals surface area contributed by atoms with Gasteiger partial charge in [-0.05, 0) is 77.1 Å². The molecule has 0 saturated heterocycles. The van der Waals surface area contributed by atoms with Crippen LogP contribution in [-0.4, -0.2) is 70.7 Å². The number of imidazole rings is 1. The minimum atomic E-state index is -4.61. The molecule has 0 radical (unpaired) electrons. The summed E-state index contributed by atoms with van der Waals surface area (Å²) in [5.74, 6) is 0.403. The highest BCUT2D eigenvalue weighted by Crippen LogP contribution is 2.42. The molecule has 0 aliphatic heterocycles. The van der Waals surface area contributed by atoms with E-state index in [-0.39, 0.29) is 18.5 Å². The molecule has 4 N–H and O–H groups in total. The van der Waals surface area contributed by atoms with E-state index in [0.717, 1.165) is 31.4 Å². The summed E-state index contributed by atoms with van der Waals surface area (Å²) in [4.78, 5) is 4.82. The topological polar surface area (TPSA) is 109 Å². The summed E-state index contributed by atoms with van der Waals surface area (Å²) in [6.07, 6.45) is -10.7. The number of rotatable bonds is 16. The third-order valence-electron chi connectivity index (χ3n) is 7.87. The fourth-order valence-electron chi connectivity index (χ4n) is 4.75. The molecular formula is C30H49F6N5O3SSi. The predicted octanol–water partition coefficient (Wildman–Crippen LogP) is 6.73. The van der Waals surface area contributed by atoms with Gasteiger partial charge in [-0.25, -0.2) is 4.98 Å². The van der Waals surface area contributed by atoms with Crippen LogP contribution in [0.1, 0.15) is 70.9 Å². The Morgan fingerprint density at radius 2 is 1.72 bits per heavy atom. The largest absolute Gasteiger partial charge is 0.598 e. The maximum absolute atomic E-state index is 13.5. The van der Waals surface area contributed by atoms with Gasteiger partial charge in [0.25, 0.3) is 0 Å². The van der Waals surface area contributed by atoms with Gasteiger partial charge in [0, 0.05) is 38.6 Å². The van der Waals surface area contributed by atoms with Crippen molar-refractivity contribution in [3.63, 3.8) is 0 Å². The smallest absolute Gasteiger partial charge is 0.414 e. The number of alkyl halides is 6. The Labute approximate surface area is 271 Å². The number of ether oxygens (including phenoxy) is 2. The van der Waals surface area contributed by atoms with Crippen molar-refractivity contribution >= 4 is 30.5 Å². The van der Waals surface area contributed by atoms with E-state index in [1.165, 1.54) is 6.92 Å². The zero-order valence-corrected chi connectivity index (χ0v) is 29.6. The normalized spacial score (nSPS) is 19.2. The molecule has 1 aliphatic rings. The highest BCUT2D eigenvalue weighted by atomic mass is 32.2. The van der Waals surface area contributed by atoms with Crippen molar-refractivity contribution in [1.29, 1.82) is 0 Å². The molecule has 3 rings (SSSR count). The maximum atomic E-state index is 13.5. The van der Waals surface area contributed by atoms with Crippen LogP contribution in [-0.2, 0) is 27.6 Å². The van der Waals surface area contributed by atoms with E-state index in [1.54, 1.807) is 37.5 Å². The molecule has 1 saturated carbocycles. The number of hydrogen-bond acceptors (Lipinski definition) is 7. The maximum Gasteiger partial charge on any atom is 0.414 e. The molecule has 8 nitrogen and oxygen atoms in total. The molecule has 0 unspecified atom stereocenters. The van der Waals surface area contributed by atoms with Crippen molar-refractivity contribution in [3.05, 3.63) is 29.6 Å². The lowest BCUT2D eigenvalue weighted by molar-refractivity contribution is -0.227. The summed E-state index contributed by atoms with van der Waals surface area (Å²) in [5, 5.41) is 2.99. The first-order chi connectivity index (χ1) is 21.0. The van der Waals surface area contributed by atoms with E-state index in [0.29, 0.717) is 17.6 Å². The molecule has 264 valence electrons. The molecule has 46 heavy (non-hydrogen) atoms. The Bertz CT molecular complexity index is 1280. The summed E-state index contributed by atoms with van der Waals surface area (Å²) < 4.78 is 109. The minimum Gasteiger partial charge on any atom is -0.598 e. The standard InChI is InChI=1S/C30H49F6N5O3SSi/c1-18(44-19(2)29(31,32)33)25(40-45(42)28(3,4)5)27-39-22-15-21(26(20-9-10-20)38-16-24(37)30(34,35)36)11-12-23(22)41(27)17-43-13-14-46(6,7)8/h11-12,15,18-20,24-26,38,40H,9-10,13-14,16-17,37H2,1-8H3/t18-,19-,24+,25+,26-,45-/m1/s1. The number of aromatic nitrogens is 2. The Kier molecular flexibility index (Phi) is 12.7. The van der Waals surface area contributed by atoms with Crippen LogP contribution in [0.5, 0.6) is 0 Å². The van der Waals surface area contributed by atoms with E-state index in [9.17, 15) is 30.9 Å². The molecule has 1 aromatic carbocycles. The molecule has 16 heteroatoms. The van der Waals surface area contributed by atoms with Gasteiger partial charge >= 0.3 is 12.4 Å². The van der Waals surface area contributed by atoms with E-state index in [4.69, 9.17) is 20.2 Å². The Morgan fingerprint density at radius 1 is 1.09 bits per heavy atom. The summed E-state index contributed by atoms with van der Waals surface area (Å²) in [7, 11) is -1.43. The van der Waals surface area contributed by atoms with Gasteiger partial charge in [0.2, 0.25) is 0 Å². The van der Waals surface area contributed by atoms with Crippen molar-refractivity contribution in [2.45, 2.75) is 127 Å². The molecule has 0 bridgehead atoms. The lowest BCUT2D eigenvalue weighted by Crippen LogP contribution is -2.47. The van der Waals surface area contributed by atoms with Gasteiger partial charge in [0.05, 0.1) is 17.1 Å². The Balaban J connectivity index is 2.07. The van der Waals surface area contributed by atoms with Crippen LogP contribution in [0, 0.1) is 5.92 Å². The van der Waals surface area contributed by atoms with Crippen molar-refractivity contribution in [2.75, 3.05) is 13.2 Å². The summed E-state index contributed by atoms with van der Waals surface area (Å²) in [6.45, 7) is 14.3. The first-order valence-corrected chi connectivity index (χ1v) is 20.4. The molecule has 1 aliphatic carbocycles. The molecule has 2 aromatic rings. The van der Waals surface area contributed by atoms with Crippen molar-refractivity contribution < 1.29 is 40.4 Å². The van der Waals surface area contributed by atoms with Crippen LogP contribution >= 0.6 is 0 Å². The Hall–Kier alpha value is -1.40. The first kappa shape index (κ1) is 39.0. The van der Waals surface area contributed by atoms with Crippen LogP contribution < -0.4 is 15.8 Å². The first-order valence-electron chi connectivity index (χ1n) is 15.5. The van der Waals surface area contributed by atoms with Crippen LogP contribution in [0.4, 0.5) is 26.3 Å². The van der Waals surface area contributed by atoms with Gasteiger partial charge in [0.1, 0.15) is 29.4 Å². The van der Waals surface area contributed by atoms with Gasteiger partial charge in [-0.1, -0.05) is 25.7 Å². The molecule has 0 amide bonds. The van der Waals surface area contributed by atoms with Crippen LogP contribution in [0.25, 0.3) is 11.0 Å². The van der Waals surface area contributed by atoms with Gasteiger partial charge in [-0.3, -0.25) is 0 Å². The number of nitrogens with two attached hydrogens (primary N) is 1. The van der Waals surface area contributed by atoms with E-state index >= 15 is 0 Å².